The third kappa shape index (κ3) is 9.65. The Kier molecular flexibility index (Phi) is 8.35. The number of hydrogen-bond donors (Lipinski definition) is 1. The standard InChI is InChI=1S/C10H21NO2.C5H5FN2/c1-6-8-11(7-2)9(12)13-10(3,4)5;6-5-2-1-4(7)3-8-5/h6-8H2,1-5H3;1-3H,7H2. The van der Waals surface area contributed by atoms with Crippen molar-refractivity contribution in [2.24, 2.45) is 0 Å². The fraction of sp³-hybridized carbons (Fsp3) is 0.600. The number of hydrogen-bond acceptors (Lipinski definition) is 4. The van der Waals surface area contributed by atoms with E-state index in [9.17, 15) is 9.18 Å². The number of nitrogen functional groups attached to an aromatic ring is 1. The summed E-state index contributed by atoms with van der Waals surface area (Å²) < 4.78 is 17.2. The molecule has 120 valence electrons. The molecule has 0 aliphatic carbocycles. The predicted octanol–water partition coefficient (Wildman–Crippen LogP) is 3.46. The number of amides is 1. The minimum Gasteiger partial charge on any atom is -0.444 e. The van der Waals surface area contributed by atoms with E-state index in [4.69, 9.17) is 10.5 Å². The van der Waals surface area contributed by atoms with E-state index in [1.165, 1.54) is 18.3 Å². The number of nitrogens with zero attached hydrogens (tertiary/aromatic N) is 2. The van der Waals surface area contributed by atoms with Crippen LogP contribution in [-0.2, 0) is 4.74 Å². The maximum atomic E-state index is 11.9. The molecule has 0 spiro atoms. The van der Waals surface area contributed by atoms with Gasteiger partial charge in [0.05, 0.1) is 11.9 Å². The van der Waals surface area contributed by atoms with Crippen LogP contribution in [0.25, 0.3) is 0 Å². The van der Waals surface area contributed by atoms with Gasteiger partial charge in [0, 0.05) is 13.1 Å². The van der Waals surface area contributed by atoms with Gasteiger partial charge < -0.3 is 15.4 Å². The zero-order chi connectivity index (χ0) is 16.5. The van der Waals surface area contributed by atoms with Gasteiger partial charge in [0.25, 0.3) is 0 Å². The summed E-state index contributed by atoms with van der Waals surface area (Å²) in [6.07, 6.45) is 2.03. The maximum Gasteiger partial charge on any atom is 0.410 e. The summed E-state index contributed by atoms with van der Waals surface area (Å²) in [5, 5.41) is 0. The molecule has 0 aromatic carbocycles. The summed E-state index contributed by atoms with van der Waals surface area (Å²) in [6, 6.07) is 2.68. The Morgan fingerprint density at radius 3 is 2.33 bits per heavy atom. The minimum atomic E-state index is -0.501. The average molecular weight is 299 g/mol. The van der Waals surface area contributed by atoms with Crippen molar-refractivity contribution >= 4 is 11.8 Å². The molecule has 0 saturated heterocycles. The highest BCUT2D eigenvalue weighted by molar-refractivity contribution is 5.67. The molecule has 1 aromatic rings. The van der Waals surface area contributed by atoms with E-state index in [0.717, 1.165) is 13.0 Å². The molecule has 0 fully saturated rings. The topological polar surface area (TPSA) is 68.5 Å². The largest absolute Gasteiger partial charge is 0.444 e. The minimum absolute atomic E-state index is 0.211. The third-order valence-electron chi connectivity index (χ3n) is 2.28. The van der Waals surface area contributed by atoms with Crippen molar-refractivity contribution in [3.05, 3.63) is 24.3 Å². The molecule has 0 atom stereocenters. The first-order valence-electron chi connectivity index (χ1n) is 7.04. The number of rotatable bonds is 3. The molecule has 2 N–H and O–H groups in total. The molecule has 1 amide bonds. The van der Waals surface area contributed by atoms with Crippen molar-refractivity contribution in [1.82, 2.24) is 9.88 Å². The van der Waals surface area contributed by atoms with E-state index < -0.39 is 11.5 Å². The van der Waals surface area contributed by atoms with Crippen LogP contribution in [0.5, 0.6) is 0 Å². The number of aromatic nitrogens is 1. The number of halogens is 1. The van der Waals surface area contributed by atoms with Gasteiger partial charge in [0.1, 0.15) is 5.60 Å². The van der Waals surface area contributed by atoms with Crippen molar-refractivity contribution in [2.45, 2.75) is 46.6 Å². The fourth-order valence-electron chi connectivity index (χ4n) is 1.36. The lowest BCUT2D eigenvalue weighted by molar-refractivity contribution is 0.0260. The summed E-state index contributed by atoms with van der Waals surface area (Å²) >= 11 is 0. The summed E-state index contributed by atoms with van der Waals surface area (Å²) in [7, 11) is 0. The highest BCUT2D eigenvalue weighted by Crippen LogP contribution is 2.09. The average Bonchev–Trinajstić information content (AvgIpc) is 2.38. The van der Waals surface area contributed by atoms with Crippen molar-refractivity contribution in [3.63, 3.8) is 0 Å². The number of carbonyl (C=O) groups excluding carboxylic acids is 1. The first kappa shape index (κ1) is 19.1. The Bertz CT molecular complexity index is 395. The Labute approximate surface area is 126 Å². The molecule has 6 heteroatoms. The molecule has 5 nitrogen and oxygen atoms in total. The van der Waals surface area contributed by atoms with Crippen LogP contribution in [-0.4, -0.2) is 34.7 Å². The summed E-state index contributed by atoms with van der Waals surface area (Å²) in [5.74, 6) is -0.501. The lowest BCUT2D eigenvalue weighted by Gasteiger charge is -2.26. The Morgan fingerprint density at radius 2 is 2.00 bits per heavy atom. The van der Waals surface area contributed by atoms with Crippen LogP contribution in [0, 0.1) is 5.95 Å². The number of ether oxygens (including phenoxy) is 1. The van der Waals surface area contributed by atoms with Gasteiger partial charge in [-0.15, -0.1) is 0 Å². The van der Waals surface area contributed by atoms with Crippen LogP contribution < -0.4 is 5.73 Å². The Morgan fingerprint density at radius 1 is 1.38 bits per heavy atom. The number of pyridine rings is 1. The Balaban J connectivity index is 0.000000423. The van der Waals surface area contributed by atoms with Crippen molar-refractivity contribution < 1.29 is 13.9 Å². The summed E-state index contributed by atoms with van der Waals surface area (Å²) in [4.78, 5) is 16.5. The van der Waals surface area contributed by atoms with Crippen molar-refractivity contribution in [1.29, 1.82) is 0 Å². The van der Waals surface area contributed by atoms with Gasteiger partial charge in [-0.05, 0) is 46.2 Å². The molecular formula is C15H26FN3O2. The van der Waals surface area contributed by atoms with E-state index >= 15 is 0 Å². The lowest BCUT2D eigenvalue weighted by atomic mass is 10.2. The normalized spacial score (nSPS) is 10.4. The molecule has 1 rings (SSSR count). The van der Waals surface area contributed by atoms with Gasteiger partial charge in [-0.3, -0.25) is 0 Å². The van der Waals surface area contributed by atoms with Crippen molar-refractivity contribution in [3.8, 4) is 0 Å². The molecule has 0 saturated carbocycles. The van der Waals surface area contributed by atoms with Crippen LogP contribution in [0.2, 0.25) is 0 Å². The van der Waals surface area contributed by atoms with E-state index in [1.807, 2.05) is 34.6 Å². The second kappa shape index (κ2) is 9.15. The molecule has 21 heavy (non-hydrogen) atoms. The molecule has 0 unspecified atom stereocenters. The Hall–Kier alpha value is -1.85. The summed E-state index contributed by atoms with van der Waals surface area (Å²) in [6.45, 7) is 11.1. The van der Waals surface area contributed by atoms with E-state index in [0.29, 0.717) is 12.2 Å². The number of anilines is 1. The quantitative estimate of drug-likeness (QED) is 0.868. The molecule has 1 aromatic heterocycles. The van der Waals surface area contributed by atoms with E-state index in [1.54, 1.807) is 4.90 Å². The maximum absolute atomic E-state index is 11.9. The summed E-state index contributed by atoms with van der Waals surface area (Å²) in [5.41, 5.74) is 5.29. The van der Waals surface area contributed by atoms with Gasteiger partial charge in [-0.1, -0.05) is 6.92 Å². The zero-order valence-electron chi connectivity index (χ0n) is 13.5. The van der Waals surface area contributed by atoms with E-state index in [2.05, 4.69) is 4.98 Å². The van der Waals surface area contributed by atoms with Crippen LogP contribution in [0.3, 0.4) is 0 Å². The second-order valence-electron chi connectivity index (χ2n) is 5.47. The molecule has 0 aliphatic rings. The van der Waals surface area contributed by atoms with E-state index in [-0.39, 0.29) is 6.09 Å². The van der Waals surface area contributed by atoms with Gasteiger partial charge >= 0.3 is 6.09 Å². The second-order valence-corrected chi connectivity index (χ2v) is 5.47. The first-order chi connectivity index (χ1) is 9.69. The smallest absolute Gasteiger partial charge is 0.410 e. The SMILES string of the molecule is CCCN(CC)C(=O)OC(C)(C)C.Nc1ccc(F)nc1. The van der Waals surface area contributed by atoms with Gasteiger partial charge in [-0.2, -0.15) is 4.39 Å². The number of nitrogens with two attached hydrogens (primary N) is 1. The molecular weight excluding hydrogens is 273 g/mol. The van der Waals surface area contributed by atoms with Crippen molar-refractivity contribution in [2.75, 3.05) is 18.8 Å². The fourth-order valence-corrected chi connectivity index (χ4v) is 1.36. The first-order valence-corrected chi connectivity index (χ1v) is 7.04. The lowest BCUT2D eigenvalue weighted by Crippen LogP contribution is -2.37. The predicted molar refractivity (Wildman–Crippen MR) is 82.4 cm³/mol. The zero-order valence-corrected chi connectivity index (χ0v) is 13.5. The van der Waals surface area contributed by atoms with Crippen LogP contribution in [0.1, 0.15) is 41.0 Å². The van der Waals surface area contributed by atoms with Crippen LogP contribution >= 0.6 is 0 Å². The van der Waals surface area contributed by atoms with Gasteiger partial charge in [-0.25, -0.2) is 9.78 Å². The molecule has 0 aliphatic heterocycles. The number of carbonyl (C=O) groups is 1. The molecule has 0 radical (unpaired) electrons. The van der Waals surface area contributed by atoms with Crippen LogP contribution in [0.15, 0.2) is 18.3 Å². The van der Waals surface area contributed by atoms with Crippen LogP contribution in [0.4, 0.5) is 14.9 Å². The van der Waals surface area contributed by atoms with Gasteiger partial charge in [0.2, 0.25) is 5.95 Å². The highest BCUT2D eigenvalue weighted by atomic mass is 19.1. The molecule has 1 heterocycles. The third-order valence-corrected chi connectivity index (χ3v) is 2.28. The van der Waals surface area contributed by atoms with Gasteiger partial charge in [0.15, 0.2) is 0 Å². The molecule has 0 bridgehead atoms. The monoisotopic (exact) mass is 299 g/mol. The highest BCUT2D eigenvalue weighted by Gasteiger charge is 2.20.